The van der Waals surface area contributed by atoms with Crippen molar-refractivity contribution >= 4 is 5.97 Å². The maximum Gasteiger partial charge on any atom is 0.309 e. The summed E-state index contributed by atoms with van der Waals surface area (Å²) in [6.07, 6.45) is 1.80. The molecule has 1 atom stereocenters. The number of carbonyl (C=O) groups is 1. The first kappa shape index (κ1) is 15.4. The summed E-state index contributed by atoms with van der Waals surface area (Å²) in [5, 5.41) is 12.0. The van der Waals surface area contributed by atoms with E-state index in [9.17, 15) is 4.79 Å². The molecule has 0 rings (SSSR count). The van der Waals surface area contributed by atoms with Gasteiger partial charge in [-0.2, -0.15) is 0 Å². The summed E-state index contributed by atoms with van der Waals surface area (Å²) in [5.41, 5.74) is 0.151. The Hall–Kier alpha value is -0.610. The van der Waals surface area contributed by atoms with Crippen LogP contribution in [-0.2, 0) is 9.53 Å². The molecule has 0 fully saturated rings. The van der Waals surface area contributed by atoms with Crippen molar-refractivity contribution in [3.8, 4) is 0 Å². The number of aliphatic hydroxyl groups excluding tert-OH is 1. The van der Waals surface area contributed by atoms with Crippen LogP contribution in [0.4, 0.5) is 0 Å². The molecule has 2 N–H and O–H groups in total. The first-order valence-electron chi connectivity index (χ1n) is 5.82. The monoisotopic (exact) mass is 231 g/mol. The largest absolute Gasteiger partial charge is 0.469 e. The predicted molar refractivity (Wildman–Crippen MR) is 64.2 cm³/mol. The molecule has 0 saturated carbocycles. The van der Waals surface area contributed by atoms with Crippen molar-refractivity contribution in [3.05, 3.63) is 0 Å². The third-order valence-corrected chi connectivity index (χ3v) is 2.67. The van der Waals surface area contributed by atoms with E-state index in [-0.39, 0.29) is 23.9 Å². The molecule has 0 aliphatic carbocycles. The Balaban J connectivity index is 3.75. The molecule has 0 aromatic carbocycles. The van der Waals surface area contributed by atoms with Gasteiger partial charge in [0.15, 0.2) is 0 Å². The number of hydrogen-bond donors (Lipinski definition) is 2. The van der Waals surface area contributed by atoms with Crippen molar-refractivity contribution in [2.75, 3.05) is 26.8 Å². The van der Waals surface area contributed by atoms with Crippen molar-refractivity contribution in [2.24, 2.45) is 11.3 Å². The fourth-order valence-electron chi connectivity index (χ4n) is 1.56. The van der Waals surface area contributed by atoms with Gasteiger partial charge in [-0.1, -0.05) is 20.8 Å². The SMILES string of the molecule is COC(=O)C(C)CNCC(C)(C)CCCO. The lowest BCUT2D eigenvalue weighted by molar-refractivity contribution is -0.144. The van der Waals surface area contributed by atoms with Crippen LogP contribution in [0.15, 0.2) is 0 Å². The third kappa shape index (κ3) is 6.80. The molecule has 0 aliphatic heterocycles. The molecule has 4 nitrogen and oxygen atoms in total. The van der Waals surface area contributed by atoms with Gasteiger partial charge in [0.2, 0.25) is 0 Å². The molecule has 0 aliphatic rings. The van der Waals surface area contributed by atoms with Gasteiger partial charge in [-0.15, -0.1) is 0 Å². The Morgan fingerprint density at radius 3 is 2.62 bits per heavy atom. The molecule has 16 heavy (non-hydrogen) atoms. The summed E-state index contributed by atoms with van der Waals surface area (Å²) in [6.45, 7) is 7.86. The molecule has 4 heteroatoms. The number of nitrogens with one attached hydrogen (secondary N) is 1. The molecule has 0 amide bonds. The van der Waals surface area contributed by atoms with Crippen LogP contribution in [0, 0.1) is 11.3 Å². The third-order valence-electron chi connectivity index (χ3n) is 2.67. The van der Waals surface area contributed by atoms with E-state index in [1.54, 1.807) is 0 Å². The Bertz CT molecular complexity index is 204. The predicted octanol–water partition coefficient (Wildman–Crippen LogP) is 1.18. The maximum absolute atomic E-state index is 11.1. The normalized spacial score (nSPS) is 13.6. The zero-order valence-corrected chi connectivity index (χ0v) is 10.9. The van der Waals surface area contributed by atoms with Gasteiger partial charge >= 0.3 is 5.97 Å². The van der Waals surface area contributed by atoms with Crippen LogP contribution in [0.2, 0.25) is 0 Å². The van der Waals surface area contributed by atoms with Gasteiger partial charge in [0.25, 0.3) is 0 Å². The molecular formula is C12H25NO3. The lowest BCUT2D eigenvalue weighted by Crippen LogP contribution is -2.34. The number of carbonyl (C=O) groups excluding carboxylic acids is 1. The molecule has 0 radical (unpaired) electrons. The topological polar surface area (TPSA) is 58.6 Å². The van der Waals surface area contributed by atoms with Gasteiger partial charge in [-0.3, -0.25) is 4.79 Å². The Morgan fingerprint density at radius 1 is 1.50 bits per heavy atom. The van der Waals surface area contributed by atoms with Gasteiger partial charge in [0.1, 0.15) is 0 Å². The second-order valence-corrected chi connectivity index (χ2v) is 5.05. The van der Waals surface area contributed by atoms with E-state index in [0.29, 0.717) is 6.54 Å². The summed E-state index contributed by atoms with van der Waals surface area (Å²) in [4.78, 5) is 11.1. The standard InChI is InChI=1S/C12H25NO3/c1-10(11(15)16-4)8-13-9-12(2,3)6-5-7-14/h10,13-14H,5-9H2,1-4H3. The van der Waals surface area contributed by atoms with Crippen LogP contribution in [0.1, 0.15) is 33.6 Å². The van der Waals surface area contributed by atoms with E-state index in [2.05, 4.69) is 23.9 Å². The van der Waals surface area contributed by atoms with Crippen LogP contribution in [-0.4, -0.2) is 37.9 Å². The lowest BCUT2D eigenvalue weighted by atomic mass is 9.88. The van der Waals surface area contributed by atoms with E-state index in [1.807, 2.05) is 6.92 Å². The molecule has 1 unspecified atom stereocenters. The minimum Gasteiger partial charge on any atom is -0.469 e. The highest BCUT2D eigenvalue weighted by atomic mass is 16.5. The second-order valence-electron chi connectivity index (χ2n) is 5.05. The fourth-order valence-corrected chi connectivity index (χ4v) is 1.56. The average molecular weight is 231 g/mol. The average Bonchev–Trinajstić information content (AvgIpc) is 2.24. The number of hydrogen-bond acceptors (Lipinski definition) is 4. The summed E-state index contributed by atoms with van der Waals surface area (Å²) >= 11 is 0. The fraction of sp³-hybridized carbons (Fsp3) is 0.917. The molecule has 0 bridgehead atoms. The van der Waals surface area contributed by atoms with E-state index < -0.39 is 0 Å². The zero-order chi connectivity index (χ0) is 12.6. The number of ether oxygens (including phenoxy) is 1. The number of esters is 1. The van der Waals surface area contributed by atoms with Crippen LogP contribution < -0.4 is 5.32 Å². The second kappa shape index (κ2) is 7.63. The van der Waals surface area contributed by atoms with Crippen molar-refractivity contribution in [2.45, 2.75) is 33.6 Å². The molecule has 0 saturated heterocycles. The maximum atomic E-state index is 11.1. The highest BCUT2D eigenvalue weighted by Crippen LogP contribution is 2.20. The lowest BCUT2D eigenvalue weighted by Gasteiger charge is -2.25. The summed E-state index contributed by atoms with van der Waals surface area (Å²) in [6, 6.07) is 0. The van der Waals surface area contributed by atoms with E-state index in [4.69, 9.17) is 5.11 Å². The van der Waals surface area contributed by atoms with E-state index in [1.165, 1.54) is 7.11 Å². The Labute approximate surface area is 98.4 Å². The van der Waals surface area contributed by atoms with Crippen molar-refractivity contribution < 1.29 is 14.6 Å². The minimum atomic E-state index is -0.180. The number of aliphatic hydroxyl groups is 1. The summed E-state index contributed by atoms with van der Waals surface area (Å²) in [7, 11) is 1.41. The Kier molecular flexibility index (Phi) is 7.34. The molecule has 0 heterocycles. The first-order valence-corrected chi connectivity index (χ1v) is 5.82. The van der Waals surface area contributed by atoms with Crippen LogP contribution in [0.3, 0.4) is 0 Å². The van der Waals surface area contributed by atoms with Crippen molar-refractivity contribution in [3.63, 3.8) is 0 Å². The smallest absolute Gasteiger partial charge is 0.309 e. The van der Waals surface area contributed by atoms with E-state index in [0.717, 1.165) is 19.4 Å². The molecule has 96 valence electrons. The zero-order valence-electron chi connectivity index (χ0n) is 10.9. The van der Waals surface area contributed by atoms with Gasteiger partial charge in [0, 0.05) is 19.7 Å². The van der Waals surface area contributed by atoms with Crippen LogP contribution >= 0.6 is 0 Å². The van der Waals surface area contributed by atoms with Gasteiger partial charge < -0.3 is 15.2 Å². The Morgan fingerprint density at radius 2 is 2.12 bits per heavy atom. The summed E-state index contributed by atoms with van der Waals surface area (Å²) in [5.74, 6) is -0.292. The van der Waals surface area contributed by atoms with Gasteiger partial charge in [0.05, 0.1) is 13.0 Å². The quantitative estimate of drug-likeness (QED) is 0.616. The molecule has 0 aromatic heterocycles. The molecular weight excluding hydrogens is 206 g/mol. The van der Waals surface area contributed by atoms with Gasteiger partial charge in [-0.25, -0.2) is 0 Å². The van der Waals surface area contributed by atoms with Crippen molar-refractivity contribution in [1.29, 1.82) is 0 Å². The highest BCUT2D eigenvalue weighted by Gasteiger charge is 2.18. The number of rotatable bonds is 8. The van der Waals surface area contributed by atoms with Gasteiger partial charge in [-0.05, 0) is 18.3 Å². The van der Waals surface area contributed by atoms with Crippen LogP contribution in [0.25, 0.3) is 0 Å². The molecule has 0 aromatic rings. The highest BCUT2D eigenvalue weighted by molar-refractivity contribution is 5.71. The number of methoxy groups -OCH3 is 1. The van der Waals surface area contributed by atoms with Crippen molar-refractivity contribution in [1.82, 2.24) is 5.32 Å². The minimum absolute atomic E-state index is 0.112. The summed E-state index contributed by atoms with van der Waals surface area (Å²) < 4.78 is 4.65. The van der Waals surface area contributed by atoms with Crippen LogP contribution in [0.5, 0.6) is 0 Å². The van der Waals surface area contributed by atoms with E-state index >= 15 is 0 Å². The molecule has 0 spiro atoms. The first-order chi connectivity index (χ1) is 7.43.